The van der Waals surface area contributed by atoms with E-state index in [-0.39, 0.29) is 29.8 Å². The maximum Gasteiger partial charge on any atom is 0.330 e. The number of hydrogen-bond donors (Lipinski definition) is 2. The van der Waals surface area contributed by atoms with Crippen molar-refractivity contribution >= 4 is 17.4 Å². The van der Waals surface area contributed by atoms with Crippen LogP contribution < -0.4 is 21.9 Å². The molecule has 1 amide bonds. The molecule has 0 saturated carbocycles. The van der Waals surface area contributed by atoms with Crippen LogP contribution in [0.25, 0.3) is 0 Å². The van der Waals surface area contributed by atoms with E-state index in [0.717, 1.165) is 18.4 Å². The summed E-state index contributed by atoms with van der Waals surface area (Å²) in [6.45, 7) is 6.70. The van der Waals surface area contributed by atoms with Gasteiger partial charge in [-0.05, 0) is 24.3 Å². The van der Waals surface area contributed by atoms with Gasteiger partial charge in [-0.2, -0.15) is 0 Å². The minimum Gasteiger partial charge on any atom is -0.383 e. The lowest BCUT2D eigenvalue weighted by Gasteiger charge is -2.26. The second-order valence-corrected chi connectivity index (χ2v) is 7.38. The average molecular weight is 386 g/mol. The summed E-state index contributed by atoms with van der Waals surface area (Å²) in [6, 6.07) is 9.71. The van der Waals surface area contributed by atoms with Crippen molar-refractivity contribution in [2.24, 2.45) is 5.92 Å². The van der Waals surface area contributed by atoms with E-state index in [1.807, 2.05) is 51.1 Å². The number of hydrogen-bond acceptors (Lipinski definition) is 4. The zero-order chi connectivity index (χ0) is 20.7. The summed E-state index contributed by atoms with van der Waals surface area (Å²) in [5.41, 5.74) is 6.16. The second kappa shape index (κ2) is 9.92. The molecule has 0 radical (unpaired) electrons. The van der Waals surface area contributed by atoms with Crippen molar-refractivity contribution in [2.45, 2.75) is 53.0 Å². The number of unbranched alkanes of at least 4 members (excludes halogenated alkanes) is 1. The fourth-order valence-electron chi connectivity index (χ4n) is 3.09. The SMILES string of the molecule is CCCCn1c(N)c(N(CC(C)C)C(=O)CCc2ccccc2)c(=O)[nH]c1=O. The van der Waals surface area contributed by atoms with Crippen LogP contribution in [0.4, 0.5) is 11.5 Å². The normalized spacial score (nSPS) is 11.0. The highest BCUT2D eigenvalue weighted by Gasteiger charge is 2.24. The molecule has 0 unspecified atom stereocenters. The highest BCUT2D eigenvalue weighted by atomic mass is 16.2. The maximum absolute atomic E-state index is 13.0. The molecule has 0 fully saturated rings. The predicted molar refractivity (Wildman–Crippen MR) is 113 cm³/mol. The lowest BCUT2D eigenvalue weighted by atomic mass is 10.1. The van der Waals surface area contributed by atoms with Crippen LogP contribution in [0, 0.1) is 5.92 Å². The number of amides is 1. The minimum absolute atomic E-state index is 0.0518. The molecule has 0 atom stereocenters. The van der Waals surface area contributed by atoms with Crippen molar-refractivity contribution in [1.29, 1.82) is 0 Å². The largest absolute Gasteiger partial charge is 0.383 e. The van der Waals surface area contributed by atoms with Crippen molar-refractivity contribution in [2.75, 3.05) is 17.2 Å². The van der Waals surface area contributed by atoms with Crippen molar-refractivity contribution in [3.8, 4) is 0 Å². The number of anilines is 2. The Morgan fingerprint density at radius 3 is 2.50 bits per heavy atom. The van der Waals surface area contributed by atoms with Crippen LogP contribution in [0.1, 0.15) is 45.6 Å². The van der Waals surface area contributed by atoms with Gasteiger partial charge in [-0.3, -0.25) is 19.1 Å². The smallest absolute Gasteiger partial charge is 0.330 e. The molecule has 0 aliphatic carbocycles. The summed E-state index contributed by atoms with van der Waals surface area (Å²) in [4.78, 5) is 41.5. The molecule has 7 heteroatoms. The molecule has 0 bridgehead atoms. The summed E-state index contributed by atoms with van der Waals surface area (Å²) < 4.78 is 1.35. The van der Waals surface area contributed by atoms with Crippen LogP contribution in [-0.2, 0) is 17.8 Å². The predicted octanol–water partition coefficient (Wildman–Crippen LogP) is 2.54. The van der Waals surface area contributed by atoms with E-state index in [2.05, 4.69) is 4.98 Å². The van der Waals surface area contributed by atoms with E-state index in [9.17, 15) is 14.4 Å². The molecular formula is C21H30N4O3. The first-order chi connectivity index (χ1) is 13.3. The van der Waals surface area contributed by atoms with Crippen molar-refractivity contribution in [1.82, 2.24) is 9.55 Å². The van der Waals surface area contributed by atoms with Gasteiger partial charge in [0.15, 0.2) is 5.69 Å². The number of nitrogen functional groups attached to an aromatic ring is 1. The van der Waals surface area contributed by atoms with Gasteiger partial charge in [0.05, 0.1) is 0 Å². The Balaban J connectivity index is 2.37. The average Bonchev–Trinajstić information content (AvgIpc) is 2.65. The molecule has 2 rings (SSSR count). The molecule has 1 heterocycles. The van der Waals surface area contributed by atoms with Gasteiger partial charge in [0, 0.05) is 19.5 Å². The quantitative estimate of drug-likeness (QED) is 0.691. The Morgan fingerprint density at radius 1 is 1.21 bits per heavy atom. The van der Waals surface area contributed by atoms with Crippen LogP contribution in [0.3, 0.4) is 0 Å². The molecule has 2 aromatic rings. The minimum atomic E-state index is -0.621. The molecule has 0 aliphatic heterocycles. The van der Waals surface area contributed by atoms with Gasteiger partial charge in [0.25, 0.3) is 5.56 Å². The number of nitrogens with two attached hydrogens (primary N) is 1. The Labute approximate surface area is 165 Å². The van der Waals surface area contributed by atoms with E-state index >= 15 is 0 Å². The summed E-state index contributed by atoms with van der Waals surface area (Å²) in [7, 11) is 0. The van der Waals surface area contributed by atoms with Gasteiger partial charge in [0.2, 0.25) is 5.91 Å². The summed E-state index contributed by atoms with van der Waals surface area (Å²) in [5.74, 6) is 0.00171. The molecule has 1 aromatic heterocycles. The standard InChI is InChI=1S/C21H30N4O3/c1-4-5-13-24-19(22)18(20(27)23-21(24)28)25(14-15(2)3)17(26)12-11-16-9-7-6-8-10-16/h6-10,15H,4-5,11-14,22H2,1-3H3,(H,23,27,28). The Hall–Kier alpha value is -2.83. The van der Waals surface area contributed by atoms with Crippen molar-refractivity contribution in [3.05, 3.63) is 56.7 Å². The first-order valence-corrected chi connectivity index (χ1v) is 9.82. The van der Waals surface area contributed by atoms with Crippen LogP contribution in [0.2, 0.25) is 0 Å². The zero-order valence-corrected chi connectivity index (χ0v) is 16.9. The third-order valence-corrected chi connectivity index (χ3v) is 4.54. The number of aromatic nitrogens is 2. The number of nitrogens with one attached hydrogen (secondary N) is 1. The fourth-order valence-corrected chi connectivity index (χ4v) is 3.09. The zero-order valence-electron chi connectivity index (χ0n) is 16.9. The summed E-state index contributed by atoms with van der Waals surface area (Å²) >= 11 is 0. The molecule has 0 spiro atoms. The summed E-state index contributed by atoms with van der Waals surface area (Å²) in [6.07, 6.45) is 2.46. The monoisotopic (exact) mass is 386 g/mol. The third kappa shape index (κ3) is 5.34. The Kier molecular flexibility index (Phi) is 7.61. The van der Waals surface area contributed by atoms with Crippen molar-refractivity contribution in [3.63, 3.8) is 0 Å². The second-order valence-electron chi connectivity index (χ2n) is 7.38. The maximum atomic E-state index is 13.0. The van der Waals surface area contributed by atoms with Gasteiger partial charge in [-0.15, -0.1) is 0 Å². The Bertz CT molecular complexity index is 900. The number of benzene rings is 1. The van der Waals surface area contributed by atoms with Gasteiger partial charge in [-0.25, -0.2) is 4.79 Å². The molecule has 152 valence electrons. The van der Waals surface area contributed by atoms with E-state index in [4.69, 9.17) is 5.73 Å². The molecule has 1 aromatic carbocycles. The fraction of sp³-hybridized carbons (Fsp3) is 0.476. The molecule has 3 N–H and O–H groups in total. The number of aromatic amines is 1. The van der Waals surface area contributed by atoms with Crippen LogP contribution in [0.15, 0.2) is 39.9 Å². The van der Waals surface area contributed by atoms with Crippen molar-refractivity contribution < 1.29 is 4.79 Å². The molecule has 0 aliphatic rings. The topological polar surface area (TPSA) is 101 Å². The molecular weight excluding hydrogens is 356 g/mol. The van der Waals surface area contributed by atoms with Crippen LogP contribution in [0.5, 0.6) is 0 Å². The number of aryl methyl sites for hydroxylation is 1. The molecule has 7 nitrogen and oxygen atoms in total. The number of rotatable bonds is 9. The molecule has 28 heavy (non-hydrogen) atoms. The van der Waals surface area contributed by atoms with E-state index in [1.165, 1.54) is 9.47 Å². The first-order valence-electron chi connectivity index (χ1n) is 9.82. The van der Waals surface area contributed by atoms with Crippen LogP contribution in [-0.4, -0.2) is 22.0 Å². The van der Waals surface area contributed by atoms with E-state index in [1.54, 1.807) is 0 Å². The summed E-state index contributed by atoms with van der Waals surface area (Å²) in [5, 5.41) is 0. The van der Waals surface area contributed by atoms with Gasteiger partial charge < -0.3 is 10.6 Å². The lowest BCUT2D eigenvalue weighted by molar-refractivity contribution is -0.118. The number of nitrogens with zero attached hydrogens (tertiary/aromatic N) is 2. The highest BCUT2D eigenvalue weighted by Crippen LogP contribution is 2.20. The number of carbonyl (C=O) groups excluding carboxylic acids is 1. The van der Waals surface area contributed by atoms with E-state index in [0.29, 0.717) is 19.5 Å². The molecule has 0 saturated heterocycles. The van der Waals surface area contributed by atoms with Crippen LogP contribution >= 0.6 is 0 Å². The first kappa shape index (κ1) is 21.5. The number of H-pyrrole nitrogens is 1. The highest BCUT2D eigenvalue weighted by molar-refractivity contribution is 5.95. The Morgan fingerprint density at radius 2 is 1.89 bits per heavy atom. The van der Waals surface area contributed by atoms with E-state index < -0.39 is 11.2 Å². The van der Waals surface area contributed by atoms with Gasteiger partial charge in [-0.1, -0.05) is 57.5 Å². The van der Waals surface area contributed by atoms with Gasteiger partial charge >= 0.3 is 5.69 Å². The lowest BCUT2D eigenvalue weighted by Crippen LogP contribution is -2.42. The number of carbonyl (C=O) groups is 1. The van der Waals surface area contributed by atoms with Gasteiger partial charge in [0.1, 0.15) is 5.82 Å². The third-order valence-electron chi connectivity index (χ3n) is 4.54.